The van der Waals surface area contributed by atoms with Crippen LogP contribution in [0.25, 0.3) is 6.08 Å². The minimum Gasteiger partial charge on any atom is -0.297 e. The maximum Gasteiger partial charge on any atom is 0.186 e. The van der Waals surface area contributed by atoms with Crippen LogP contribution in [0.1, 0.15) is 28.4 Å². The highest BCUT2D eigenvalue weighted by Crippen LogP contribution is 2.41. The van der Waals surface area contributed by atoms with Crippen LogP contribution in [-0.2, 0) is 11.2 Å². The topological polar surface area (TPSA) is 66.7 Å². The van der Waals surface area contributed by atoms with Gasteiger partial charge in [-0.05, 0) is 30.2 Å². The first-order valence-electron chi connectivity index (χ1n) is 6.68. The molecule has 22 heavy (non-hydrogen) atoms. The number of carbonyl (C=O) groups excluding carboxylic acids is 1. The standard InChI is InChI=1S/C15H12ClN3OS2/c1-2-11-18-19-15(22-11)12-13(20)10(21-14(12)17)7-8-3-5-9(16)6-4-8/h3-7,12,17H,2H2,1H3/b10-7-,17-14?/t12-/m0/s1. The number of nitrogens with one attached hydrogen (secondary N) is 1. The van der Waals surface area contributed by atoms with Gasteiger partial charge in [0.25, 0.3) is 0 Å². The number of Topliss-reactive ketones (excluding diaryl/α,β-unsaturated/α-hetero) is 1. The lowest BCUT2D eigenvalue weighted by atomic mass is 10.1. The number of rotatable bonds is 3. The molecule has 0 aliphatic carbocycles. The molecule has 1 aromatic heterocycles. The number of aryl methyl sites for hydroxylation is 1. The van der Waals surface area contributed by atoms with Crippen LogP contribution in [0.3, 0.4) is 0 Å². The molecular formula is C15H12ClN3OS2. The van der Waals surface area contributed by atoms with Crippen molar-refractivity contribution in [2.45, 2.75) is 19.3 Å². The molecule has 4 nitrogen and oxygen atoms in total. The van der Waals surface area contributed by atoms with Crippen molar-refractivity contribution in [1.82, 2.24) is 10.2 Å². The maximum absolute atomic E-state index is 12.6. The summed E-state index contributed by atoms with van der Waals surface area (Å²) in [4.78, 5) is 13.1. The Labute approximate surface area is 141 Å². The molecule has 0 amide bonds. The normalized spacial score (nSPS) is 20.1. The SMILES string of the molecule is CCc1nnc([C@@H]2C(=N)S/C(=C\c3ccc(Cl)cc3)C2=O)s1. The van der Waals surface area contributed by atoms with E-state index < -0.39 is 5.92 Å². The number of benzene rings is 1. The molecule has 1 fully saturated rings. The molecule has 0 bridgehead atoms. The van der Waals surface area contributed by atoms with Crippen molar-refractivity contribution >= 4 is 51.6 Å². The largest absolute Gasteiger partial charge is 0.297 e. The van der Waals surface area contributed by atoms with Crippen molar-refractivity contribution in [3.8, 4) is 0 Å². The number of allylic oxidation sites excluding steroid dienone is 1. The zero-order valence-corrected chi connectivity index (χ0v) is 14.1. The van der Waals surface area contributed by atoms with Crippen LogP contribution in [-0.4, -0.2) is 21.0 Å². The highest BCUT2D eigenvalue weighted by atomic mass is 35.5. The fourth-order valence-corrected chi connectivity index (χ4v) is 4.13. The average Bonchev–Trinajstić information content (AvgIpc) is 3.07. The summed E-state index contributed by atoms with van der Waals surface area (Å²) in [5.74, 6) is -0.676. The second kappa shape index (κ2) is 6.32. The van der Waals surface area contributed by atoms with Gasteiger partial charge in [-0.3, -0.25) is 10.2 Å². The summed E-state index contributed by atoms with van der Waals surface area (Å²) in [5, 5.41) is 18.7. The van der Waals surface area contributed by atoms with Gasteiger partial charge in [0.2, 0.25) is 0 Å². The van der Waals surface area contributed by atoms with E-state index in [2.05, 4.69) is 10.2 Å². The number of halogens is 1. The van der Waals surface area contributed by atoms with Crippen LogP contribution in [0, 0.1) is 5.41 Å². The number of thioether (sulfide) groups is 1. The maximum atomic E-state index is 12.6. The Morgan fingerprint density at radius 1 is 1.32 bits per heavy atom. The van der Waals surface area contributed by atoms with Crippen LogP contribution < -0.4 is 0 Å². The average molecular weight is 350 g/mol. The fraction of sp³-hybridized carbons (Fsp3) is 0.200. The lowest BCUT2D eigenvalue weighted by molar-refractivity contribution is -0.114. The molecule has 7 heteroatoms. The summed E-state index contributed by atoms with van der Waals surface area (Å²) in [5.41, 5.74) is 0.889. The first-order chi connectivity index (χ1) is 10.6. The van der Waals surface area contributed by atoms with Gasteiger partial charge < -0.3 is 0 Å². The second-order valence-electron chi connectivity index (χ2n) is 4.71. The number of hydrogen-bond donors (Lipinski definition) is 1. The molecule has 1 aliphatic heterocycles. The number of nitrogens with zero attached hydrogens (tertiary/aromatic N) is 2. The van der Waals surface area contributed by atoms with Crippen molar-refractivity contribution in [2.24, 2.45) is 0 Å². The number of carbonyl (C=O) groups is 1. The summed E-state index contributed by atoms with van der Waals surface area (Å²) < 4.78 is 0. The molecule has 0 saturated carbocycles. The molecule has 1 saturated heterocycles. The predicted octanol–water partition coefficient (Wildman–Crippen LogP) is 4.17. The number of ketones is 1. The van der Waals surface area contributed by atoms with Crippen molar-refractivity contribution in [3.05, 3.63) is 49.8 Å². The molecule has 112 valence electrons. The van der Waals surface area contributed by atoms with E-state index in [4.69, 9.17) is 17.0 Å². The van der Waals surface area contributed by atoms with Gasteiger partial charge in [0.15, 0.2) is 5.78 Å². The van der Waals surface area contributed by atoms with Gasteiger partial charge in [-0.2, -0.15) is 0 Å². The van der Waals surface area contributed by atoms with Gasteiger partial charge in [0.05, 0.1) is 9.95 Å². The van der Waals surface area contributed by atoms with E-state index in [0.29, 0.717) is 20.0 Å². The molecule has 1 aliphatic rings. The monoisotopic (exact) mass is 349 g/mol. The van der Waals surface area contributed by atoms with Crippen LogP contribution in [0.5, 0.6) is 0 Å². The van der Waals surface area contributed by atoms with E-state index >= 15 is 0 Å². The quantitative estimate of drug-likeness (QED) is 0.844. The van der Waals surface area contributed by atoms with Crippen LogP contribution in [0.15, 0.2) is 29.2 Å². The molecular weight excluding hydrogens is 338 g/mol. The Hall–Kier alpha value is -1.50. The van der Waals surface area contributed by atoms with Crippen LogP contribution in [0.4, 0.5) is 0 Å². The fourth-order valence-electron chi connectivity index (χ4n) is 2.05. The van der Waals surface area contributed by atoms with E-state index in [0.717, 1.165) is 17.0 Å². The summed E-state index contributed by atoms with van der Waals surface area (Å²) in [6.07, 6.45) is 2.58. The van der Waals surface area contributed by atoms with E-state index in [1.807, 2.05) is 19.1 Å². The van der Waals surface area contributed by atoms with Crippen LogP contribution in [0.2, 0.25) is 5.02 Å². The summed E-state index contributed by atoms with van der Waals surface area (Å²) in [6.45, 7) is 1.99. The first-order valence-corrected chi connectivity index (χ1v) is 8.69. The van der Waals surface area contributed by atoms with Crippen molar-refractivity contribution in [2.75, 3.05) is 0 Å². The highest BCUT2D eigenvalue weighted by molar-refractivity contribution is 8.19. The Balaban J connectivity index is 1.89. The van der Waals surface area contributed by atoms with Gasteiger partial charge in [-0.15, -0.1) is 21.5 Å². The summed E-state index contributed by atoms with van der Waals surface area (Å²) in [6, 6.07) is 7.25. The molecule has 1 N–H and O–H groups in total. The van der Waals surface area contributed by atoms with Gasteiger partial charge >= 0.3 is 0 Å². The third-order valence-electron chi connectivity index (χ3n) is 3.19. The van der Waals surface area contributed by atoms with E-state index in [9.17, 15) is 4.79 Å². The Morgan fingerprint density at radius 3 is 2.68 bits per heavy atom. The van der Waals surface area contributed by atoms with Gasteiger partial charge in [0.1, 0.15) is 15.9 Å². The Morgan fingerprint density at radius 2 is 2.05 bits per heavy atom. The van der Waals surface area contributed by atoms with Crippen LogP contribution >= 0.6 is 34.7 Å². The predicted molar refractivity (Wildman–Crippen MR) is 91.8 cm³/mol. The minimum absolute atomic E-state index is 0.0799. The van der Waals surface area contributed by atoms with E-state index in [1.54, 1.807) is 18.2 Å². The first kappa shape index (κ1) is 15.4. The van der Waals surface area contributed by atoms with Crippen molar-refractivity contribution in [1.29, 1.82) is 5.41 Å². The van der Waals surface area contributed by atoms with Crippen molar-refractivity contribution < 1.29 is 4.79 Å². The zero-order valence-electron chi connectivity index (χ0n) is 11.7. The third kappa shape index (κ3) is 2.99. The molecule has 1 atom stereocenters. The molecule has 0 unspecified atom stereocenters. The second-order valence-corrected chi connectivity index (χ2v) is 7.33. The molecule has 1 aromatic carbocycles. The summed E-state index contributed by atoms with van der Waals surface area (Å²) >= 11 is 8.46. The molecule has 2 heterocycles. The van der Waals surface area contributed by atoms with E-state index in [-0.39, 0.29) is 5.78 Å². The summed E-state index contributed by atoms with van der Waals surface area (Å²) in [7, 11) is 0. The molecule has 3 rings (SSSR count). The van der Waals surface area contributed by atoms with E-state index in [1.165, 1.54) is 23.1 Å². The molecule has 2 aromatic rings. The highest BCUT2D eigenvalue weighted by Gasteiger charge is 2.39. The minimum atomic E-state index is -0.596. The number of aromatic nitrogens is 2. The lowest BCUT2D eigenvalue weighted by Crippen LogP contribution is -2.11. The lowest BCUT2D eigenvalue weighted by Gasteiger charge is -2.00. The zero-order chi connectivity index (χ0) is 15.7. The van der Waals surface area contributed by atoms with Crippen molar-refractivity contribution in [3.63, 3.8) is 0 Å². The number of hydrogen-bond acceptors (Lipinski definition) is 6. The smallest absolute Gasteiger partial charge is 0.186 e. The molecule has 0 spiro atoms. The Bertz CT molecular complexity index is 767. The van der Waals surface area contributed by atoms with Gasteiger partial charge in [-0.25, -0.2) is 0 Å². The third-order valence-corrected chi connectivity index (χ3v) is 5.57. The van der Waals surface area contributed by atoms with Gasteiger partial charge in [-0.1, -0.05) is 42.4 Å². The van der Waals surface area contributed by atoms with Gasteiger partial charge in [0, 0.05) is 5.02 Å². The molecule has 0 radical (unpaired) electrons. The Kier molecular flexibility index (Phi) is 4.42.